The first kappa shape index (κ1) is 11.9. The van der Waals surface area contributed by atoms with E-state index in [9.17, 15) is 0 Å². The van der Waals surface area contributed by atoms with Gasteiger partial charge >= 0.3 is 0 Å². The van der Waals surface area contributed by atoms with Crippen molar-refractivity contribution in [2.75, 3.05) is 13.2 Å². The zero-order valence-electron chi connectivity index (χ0n) is 10.5. The van der Waals surface area contributed by atoms with Gasteiger partial charge in [-0.15, -0.1) is 0 Å². The highest BCUT2D eigenvalue weighted by molar-refractivity contribution is 5.10. The summed E-state index contributed by atoms with van der Waals surface area (Å²) >= 11 is 0. The summed E-state index contributed by atoms with van der Waals surface area (Å²) in [5.41, 5.74) is 1.73. The van der Waals surface area contributed by atoms with Gasteiger partial charge in [0.05, 0.1) is 13.2 Å². The maximum Gasteiger partial charge on any atom is 0.176 e. The zero-order valence-corrected chi connectivity index (χ0v) is 10.5. The molecule has 1 heterocycles. The lowest BCUT2D eigenvalue weighted by Gasteiger charge is -2.45. The van der Waals surface area contributed by atoms with E-state index in [1.54, 1.807) is 0 Å². The molecule has 1 aliphatic carbocycles. The summed E-state index contributed by atoms with van der Waals surface area (Å²) in [5, 5.41) is 0. The standard InChI is InChI=1S/C14H22O2/c1-4-5-13-15-9-14(10-16-13)7-6-11(2)8-12(14)3/h4-6,12-13H,7-10H2,1-3H3/b5-4+. The van der Waals surface area contributed by atoms with Gasteiger partial charge in [0.15, 0.2) is 6.29 Å². The molecule has 1 saturated heterocycles. The average Bonchev–Trinajstić information content (AvgIpc) is 2.27. The lowest BCUT2D eigenvalue weighted by Crippen LogP contribution is -2.46. The predicted octanol–water partition coefficient (Wildman–Crippen LogP) is 3.30. The molecule has 0 aromatic rings. The summed E-state index contributed by atoms with van der Waals surface area (Å²) in [6.07, 6.45) is 8.46. The maximum absolute atomic E-state index is 5.78. The van der Waals surface area contributed by atoms with Crippen LogP contribution in [0.15, 0.2) is 23.8 Å². The molecule has 2 heteroatoms. The van der Waals surface area contributed by atoms with Crippen molar-refractivity contribution in [3.05, 3.63) is 23.8 Å². The second-order valence-electron chi connectivity index (χ2n) is 5.24. The number of hydrogen-bond acceptors (Lipinski definition) is 2. The van der Waals surface area contributed by atoms with Crippen LogP contribution in [0, 0.1) is 11.3 Å². The van der Waals surface area contributed by atoms with Crippen molar-refractivity contribution in [2.45, 2.75) is 39.9 Å². The minimum atomic E-state index is -0.130. The number of rotatable bonds is 1. The van der Waals surface area contributed by atoms with E-state index in [0.717, 1.165) is 19.6 Å². The van der Waals surface area contributed by atoms with Crippen LogP contribution in [-0.2, 0) is 9.47 Å². The summed E-state index contributed by atoms with van der Waals surface area (Å²) < 4.78 is 11.6. The smallest absolute Gasteiger partial charge is 0.176 e. The molecule has 0 aromatic carbocycles. The Bertz CT molecular complexity index is 296. The second kappa shape index (κ2) is 4.72. The van der Waals surface area contributed by atoms with Crippen molar-refractivity contribution >= 4 is 0 Å². The summed E-state index contributed by atoms with van der Waals surface area (Å²) in [7, 11) is 0. The molecule has 1 fully saturated rings. The second-order valence-corrected chi connectivity index (χ2v) is 5.24. The van der Waals surface area contributed by atoms with Crippen LogP contribution in [0.5, 0.6) is 0 Å². The van der Waals surface area contributed by atoms with Gasteiger partial charge in [-0.3, -0.25) is 0 Å². The molecule has 0 N–H and O–H groups in total. The van der Waals surface area contributed by atoms with Crippen molar-refractivity contribution in [3.8, 4) is 0 Å². The monoisotopic (exact) mass is 222 g/mol. The summed E-state index contributed by atoms with van der Waals surface area (Å²) in [6.45, 7) is 8.18. The Labute approximate surface area is 98.3 Å². The molecule has 0 radical (unpaired) electrons. The van der Waals surface area contributed by atoms with Gasteiger partial charge in [0.2, 0.25) is 0 Å². The molecule has 90 valence electrons. The van der Waals surface area contributed by atoms with E-state index in [1.165, 1.54) is 12.0 Å². The van der Waals surface area contributed by atoms with E-state index in [-0.39, 0.29) is 11.7 Å². The molecular weight excluding hydrogens is 200 g/mol. The normalized spacial score (nSPS) is 40.3. The predicted molar refractivity (Wildman–Crippen MR) is 65.1 cm³/mol. The molecule has 0 aromatic heterocycles. The van der Waals surface area contributed by atoms with Crippen molar-refractivity contribution < 1.29 is 9.47 Å². The molecule has 2 rings (SSSR count). The van der Waals surface area contributed by atoms with E-state index in [0.29, 0.717) is 5.92 Å². The number of ether oxygens (including phenoxy) is 2. The van der Waals surface area contributed by atoms with Crippen LogP contribution >= 0.6 is 0 Å². The first-order valence-electron chi connectivity index (χ1n) is 6.18. The Balaban J connectivity index is 2.01. The highest BCUT2D eigenvalue weighted by atomic mass is 16.7. The SMILES string of the molecule is C/C=C/C1OCC2(CC=C(C)CC2C)CO1. The third-order valence-electron chi connectivity index (χ3n) is 3.95. The van der Waals surface area contributed by atoms with Crippen LogP contribution in [0.1, 0.15) is 33.6 Å². The highest BCUT2D eigenvalue weighted by Crippen LogP contribution is 2.43. The van der Waals surface area contributed by atoms with Crippen LogP contribution in [0.25, 0.3) is 0 Å². The Kier molecular flexibility index (Phi) is 3.50. The van der Waals surface area contributed by atoms with E-state index in [1.807, 2.05) is 19.1 Å². The van der Waals surface area contributed by atoms with Gasteiger partial charge in [-0.25, -0.2) is 0 Å². The van der Waals surface area contributed by atoms with Crippen LogP contribution in [0.3, 0.4) is 0 Å². The quantitative estimate of drug-likeness (QED) is 0.634. The third kappa shape index (κ3) is 2.23. The fourth-order valence-corrected chi connectivity index (χ4v) is 2.62. The lowest BCUT2D eigenvalue weighted by molar-refractivity contribution is -0.219. The molecule has 1 atom stereocenters. The Morgan fingerprint density at radius 2 is 2.06 bits per heavy atom. The molecule has 1 aliphatic heterocycles. The van der Waals surface area contributed by atoms with Crippen LogP contribution < -0.4 is 0 Å². The van der Waals surface area contributed by atoms with Gasteiger partial charge < -0.3 is 9.47 Å². The summed E-state index contributed by atoms with van der Waals surface area (Å²) in [4.78, 5) is 0. The van der Waals surface area contributed by atoms with Gasteiger partial charge in [0.1, 0.15) is 0 Å². The number of hydrogen-bond donors (Lipinski definition) is 0. The van der Waals surface area contributed by atoms with Gasteiger partial charge in [0.25, 0.3) is 0 Å². The van der Waals surface area contributed by atoms with E-state index < -0.39 is 0 Å². The minimum absolute atomic E-state index is 0.130. The van der Waals surface area contributed by atoms with Crippen molar-refractivity contribution in [1.29, 1.82) is 0 Å². The molecule has 0 saturated carbocycles. The third-order valence-corrected chi connectivity index (χ3v) is 3.95. The van der Waals surface area contributed by atoms with E-state index in [2.05, 4.69) is 19.9 Å². The molecule has 1 spiro atoms. The Morgan fingerprint density at radius 1 is 1.38 bits per heavy atom. The topological polar surface area (TPSA) is 18.5 Å². The average molecular weight is 222 g/mol. The van der Waals surface area contributed by atoms with Crippen molar-refractivity contribution in [1.82, 2.24) is 0 Å². The van der Waals surface area contributed by atoms with Crippen LogP contribution in [0.2, 0.25) is 0 Å². The van der Waals surface area contributed by atoms with Gasteiger partial charge in [-0.1, -0.05) is 24.6 Å². The van der Waals surface area contributed by atoms with Crippen LogP contribution in [0.4, 0.5) is 0 Å². The lowest BCUT2D eigenvalue weighted by atomic mass is 9.68. The Hall–Kier alpha value is -0.600. The molecule has 2 aliphatic rings. The van der Waals surface area contributed by atoms with Crippen molar-refractivity contribution in [3.63, 3.8) is 0 Å². The molecule has 0 bridgehead atoms. The first-order valence-corrected chi connectivity index (χ1v) is 6.18. The molecule has 1 unspecified atom stereocenters. The number of allylic oxidation sites excluding steroid dienone is 3. The molecular formula is C14H22O2. The maximum atomic E-state index is 5.78. The van der Waals surface area contributed by atoms with E-state index >= 15 is 0 Å². The van der Waals surface area contributed by atoms with Gasteiger partial charge in [-0.05, 0) is 38.7 Å². The Morgan fingerprint density at radius 3 is 2.62 bits per heavy atom. The molecule has 2 nitrogen and oxygen atoms in total. The summed E-state index contributed by atoms with van der Waals surface area (Å²) in [5.74, 6) is 0.657. The summed E-state index contributed by atoms with van der Waals surface area (Å²) in [6, 6.07) is 0. The zero-order chi connectivity index (χ0) is 11.6. The minimum Gasteiger partial charge on any atom is -0.348 e. The first-order chi connectivity index (χ1) is 7.66. The largest absolute Gasteiger partial charge is 0.348 e. The highest BCUT2D eigenvalue weighted by Gasteiger charge is 2.41. The van der Waals surface area contributed by atoms with E-state index in [4.69, 9.17) is 9.47 Å². The molecule has 16 heavy (non-hydrogen) atoms. The van der Waals surface area contributed by atoms with Crippen LogP contribution in [-0.4, -0.2) is 19.5 Å². The molecule has 0 amide bonds. The van der Waals surface area contributed by atoms with Gasteiger partial charge in [-0.2, -0.15) is 0 Å². The van der Waals surface area contributed by atoms with Crippen molar-refractivity contribution in [2.24, 2.45) is 11.3 Å². The van der Waals surface area contributed by atoms with Gasteiger partial charge in [0, 0.05) is 5.41 Å². The fourth-order valence-electron chi connectivity index (χ4n) is 2.62. The fraction of sp³-hybridized carbons (Fsp3) is 0.714.